The van der Waals surface area contributed by atoms with Gasteiger partial charge in [0, 0.05) is 0 Å². The molecule has 0 aliphatic rings. The summed E-state index contributed by atoms with van der Waals surface area (Å²) in [5.74, 6) is 0.0377. The summed E-state index contributed by atoms with van der Waals surface area (Å²) in [6, 6.07) is 10.1. The quantitative estimate of drug-likeness (QED) is 0.898. The van der Waals surface area contributed by atoms with E-state index in [0.717, 1.165) is 22.3 Å². The van der Waals surface area contributed by atoms with E-state index in [1.807, 2.05) is 13.8 Å². The number of aryl methyl sites for hydroxylation is 2. The molecule has 0 spiro atoms. The van der Waals surface area contributed by atoms with Crippen LogP contribution in [0.5, 0.6) is 11.5 Å². The zero-order chi connectivity index (χ0) is 14.9. The molecular weight excluding hydrogens is 252 g/mol. The monoisotopic (exact) mass is 270 g/mol. The van der Waals surface area contributed by atoms with Crippen molar-refractivity contribution in [1.82, 2.24) is 0 Å². The molecule has 0 heterocycles. The summed E-state index contributed by atoms with van der Waals surface area (Å²) >= 11 is 0. The molecule has 0 radical (unpaired) electrons. The average Bonchev–Trinajstić information content (AvgIpc) is 2.34. The first kappa shape index (κ1) is 14.1. The number of carbonyl (C=O) groups is 1. The van der Waals surface area contributed by atoms with Gasteiger partial charge in [-0.25, -0.2) is 0 Å². The molecule has 104 valence electrons. The summed E-state index contributed by atoms with van der Waals surface area (Å²) in [7, 11) is 0. The standard InChI is InChI=1S/C17H18O3/c1-10-8-13(19)4-6-15(10)17(12(3)18)16-7-5-14(20)9-11(16)2/h4-9,17,19-20H,1-3H3. The van der Waals surface area contributed by atoms with Crippen LogP contribution >= 0.6 is 0 Å². The molecule has 3 nitrogen and oxygen atoms in total. The third-order valence-electron chi connectivity index (χ3n) is 3.54. The van der Waals surface area contributed by atoms with Gasteiger partial charge in [0.1, 0.15) is 17.3 Å². The minimum atomic E-state index is -0.379. The molecule has 0 aromatic heterocycles. The van der Waals surface area contributed by atoms with E-state index in [9.17, 15) is 15.0 Å². The third-order valence-corrected chi connectivity index (χ3v) is 3.54. The van der Waals surface area contributed by atoms with Crippen molar-refractivity contribution in [2.75, 3.05) is 0 Å². The minimum Gasteiger partial charge on any atom is -0.508 e. The maximum absolute atomic E-state index is 12.1. The van der Waals surface area contributed by atoms with Crippen LogP contribution < -0.4 is 0 Å². The van der Waals surface area contributed by atoms with Gasteiger partial charge in [0.05, 0.1) is 5.92 Å². The Hall–Kier alpha value is -2.29. The fraction of sp³-hybridized carbons (Fsp3) is 0.235. The summed E-state index contributed by atoms with van der Waals surface area (Å²) in [6.07, 6.45) is 0. The molecule has 0 aliphatic heterocycles. The zero-order valence-corrected chi connectivity index (χ0v) is 11.8. The van der Waals surface area contributed by atoms with Crippen LogP contribution in [0, 0.1) is 13.8 Å². The summed E-state index contributed by atoms with van der Waals surface area (Å²) in [5.41, 5.74) is 3.50. The Labute approximate surface area is 118 Å². The van der Waals surface area contributed by atoms with E-state index >= 15 is 0 Å². The van der Waals surface area contributed by atoms with Gasteiger partial charge in [-0.2, -0.15) is 0 Å². The molecule has 0 aliphatic carbocycles. The Morgan fingerprint density at radius 3 is 1.60 bits per heavy atom. The van der Waals surface area contributed by atoms with Crippen LogP contribution in [0.1, 0.15) is 35.1 Å². The number of rotatable bonds is 3. The number of phenolic OH excluding ortho intramolecular Hbond substituents is 2. The second kappa shape index (κ2) is 5.37. The van der Waals surface area contributed by atoms with E-state index in [0.29, 0.717) is 0 Å². The van der Waals surface area contributed by atoms with E-state index in [4.69, 9.17) is 0 Å². The molecule has 0 fully saturated rings. The molecule has 2 rings (SSSR count). The van der Waals surface area contributed by atoms with Crippen LogP contribution in [0.4, 0.5) is 0 Å². The lowest BCUT2D eigenvalue weighted by Gasteiger charge is -2.19. The molecular formula is C17H18O3. The van der Waals surface area contributed by atoms with Crippen molar-refractivity contribution < 1.29 is 15.0 Å². The molecule has 0 bridgehead atoms. The van der Waals surface area contributed by atoms with Crippen molar-refractivity contribution in [2.24, 2.45) is 0 Å². The summed E-state index contributed by atoms with van der Waals surface area (Å²) in [4.78, 5) is 12.1. The number of carbonyl (C=O) groups excluding carboxylic acids is 1. The Morgan fingerprint density at radius 2 is 1.30 bits per heavy atom. The van der Waals surface area contributed by atoms with Gasteiger partial charge in [0.15, 0.2) is 0 Å². The van der Waals surface area contributed by atoms with Crippen LogP contribution in [0.15, 0.2) is 36.4 Å². The molecule has 0 saturated carbocycles. The average molecular weight is 270 g/mol. The van der Waals surface area contributed by atoms with E-state index in [1.54, 1.807) is 43.3 Å². The van der Waals surface area contributed by atoms with Gasteiger partial charge >= 0.3 is 0 Å². The van der Waals surface area contributed by atoms with Crippen molar-refractivity contribution in [2.45, 2.75) is 26.7 Å². The number of phenols is 2. The smallest absolute Gasteiger partial charge is 0.141 e. The Morgan fingerprint density at radius 1 is 0.900 bits per heavy atom. The molecule has 20 heavy (non-hydrogen) atoms. The summed E-state index contributed by atoms with van der Waals surface area (Å²) < 4.78 is 0. The van der Waals surface area contributed by atoms with Crippen LogP contribution in [0.25, 0.3) is 0 Å². The van der Waals surface area contributed by atoms with Crippen LogP contribution in [-0.2, 0) is 4.79 Å². The SMILES string of the molecule is CC(=O)C(c1ccc(O)cc1C)c1ccc(O)cc1C. The topological polar surface area (TPSA) is 57.5 Å². The number of benzene rings is 2. The highest BCUT2D eigenvalue weighted by atomic mass is 16.3. The zero-order valence-electron chi connectivity index (χ0n) is 11.8. The van der Waals surface area contributed by atoms with E-state index in [2.05, 4.69) is 0 Å². The number of Topliss-reactive ketones (excluding diaryl/α,β-unsaturated/α-hetero) is 1. The van der Waals surface area contributed by atoms with Crippen LogP contribution in [0.2, 0.25) is 0 Å². The van der Waals surface area contributed by atoms with Gasteiger partial charge in [0.25, 0.3) is 0 Å². The summed E-state index contributed by atoms with van der Waals surface area (Å²) in [6.45, 7) is 5.31. The van der Waals surface area contributed by atoms with Gasteiger partial charge < -0.3 is 10.2 Å². The highest BCUT2D eigenvalue weighted by Crippen LogP contribution is 2.33. The normalized spacial score (nSPS) is 10.8. The fourth-order valence-corrected chi connectivity index (χ4v) is 2.57. The second-order valence-corrected chi connectivity index (χ2v) is 5.13. The number of ketones is 1. The van der Waals surface area contributed by atoms with Crippen LogP contribution in [0.3, 0.4) is 0 Å². The van der Waals surface area contributed by atoms with Gasteiger partial charge in [-0.3, -0.25) is 4.79 Å². The van der Waals surface area contributed by atoms with Crippen molar-refractivity contribution in [3.8, 4) is 11.5 Å². The predicted molar refractivity (Wildman–Crippen MR) is 78.2 cm³/mol. The number of hydrogen-bond acceptors (Lipinski definition) is 3. The van der Waals surface area contributed by atoms with Crippen LogP contribution in [-0.4, -0.2) is 16.0 Å². The first-order valence-corrected chi connectivity index (χ1v) is 6.49. The van der Waals surface area contributed by atoms with E-state index < -0.39 is 0 Å². The lowest BCUT2D eigenvalue weighted by molar-refractivity contribution is -0.117. The minimum absolute atomic E-state index is 0.0348. The maximum Gasteiger partial charge on any atom is 0.141 e. The highest BCUT2D eigenvalue weighted by Gasteiger charge is 2.22. The van der Waals surface area contributed by atoms with E-state index in [-0.39, 0.29) is 23.2 Å². The van der Waals surface area contributed by atoms with E-state index in [1.165, 1.54) is 0 Å². The predicted octanol–water partition coefficient (Wildman–Crippen LogP) is 3.44. The lowest BCUT2D eigenvalue weighted by atomic mass is 9.83. The summed E-state index contributed by atoms with van der Waals surface area (Å²) in [5, 5.41) is 19.0. The van der Waals surface area contributed by atoms with Crippen molar-refractivity contribution in [3.63, 3.8) is 0 Å². The number of hydrogen-bond donors (Lipinski definition) is 2. The fourth-order valence-electron chi connectivity index (χ4n) is 2.57. The molecule has 0 unspecified atom stereocenters. The number of aromatic hydroxyl groups is 2. The van der Waals surface area contributed by atoms with Crippen molar-refractivity contribution in [1.29, 1.82) is 0 Å². The highest BCUT2D eigenvalue weighted by molar-refractivity contribution is 5.87. The van der Waals surface area contributed by atoms with Gasteiger partial charge in [-0.15, -0.1) is 0 Å². The molecule has 0 saturated heterocycles. The molecule has 0 atom stereocenters. The van der Waals surface area contributed by atoms with Gasteiger partial charge in [-0.05, 0) is 67.3 Å². The second-order valence-electron chi connectivity index (χ2n) is 5.13. The third kappa shape index (κ3) is 2.67. The molecule has 2 aromatic rings. The van der Waals surface area contributed by atoms with Gasteiger partial charge in [-0.1, -0.05) is 12.1 Å². The molecule has 3 heteroatoms. The molecule has 2 aromatic carbocycles. The van der Waals surface area contributed by atoms with Crippen molar-refractivity contribution in [3.05, 3.63) is 58.7 Å². The first-order valence-electron chi connectivity index (χ1n) is 6.49. The molecule has 2 N–H and O–H groups in total. The Kier molecular flexibility index (Phi) is 3.79. The largest absolute Gasteiger partial charge is 0.508 e. The first-order chi connectivity index (χ1) is 9.40. The van der Waals surface area contributed by atoms with Gasteiger partial charge in [0.2, 0.25) is 0 Å². The Balaban J connectivity index is 2.59. The maximum atomic E-state index is 12.1. The lowest BCUT2D eigenvalue weighted by Crippen LogP contribution is -2.13. The Bertz CT molecular complexity index is 608. The molecule has 0 amide bonds. The van der Waals surface area contributed by atoms with Crippen molar-refractivity contribution >= 4 is 5.78 Å².